The maximum absolute atomic E-state index is 5.73. The topological polar surface area (TPSA) is 26.0 Å². The molecule has 1 heteroatoms. The van der Waals surface area contributed by atoms with E-state index in [9.17, 15) is 0 Å². The third kappa shape index (κ3) is 3.01. The van der Waals surface area contributed by atoms with Crippen molar-refractivity contribution in [2.75, 3.05) is 5.73 Å². The Morgan fingerprint density at radius 3 is 2.06 bits per heavy atom. The number of hydrogen-bond acceptors (Lipinski definition) is 1. The van der Waals surface area contributed by atoms with Gasteiger partial charge in [0, 0.05) is 5.69 Å². The molecule has 0 unspecified atom stereocenters. The highest BCUT2D eigenvalue weighted by Crippen LogP contribution is 2.32. The normalized spacial score (nSPS) is 27.1. The summed E-state index contributed by atoms with van der Waals surface area (Å²) in [6.07, 6.45) is 8.30. The summed E-state index contributed by atoms with van der Waals surface area (Å²) in [7, 11) is 0. The van der Waals surface area contributed by atoms with Crippen molar-refractivity contribution < 1.29 is 0 Å². The summed E-state index contributed by atoms with van der Waals surface area (Å²) in [4.78, 5) is 0. The van der Waals surface area contributed by atoms with Crippen LogP contribution in [-0.4, -0.2) is 0 Å². The Labute approximate surface area is 99.0 Å². The number of anilines is 1. The lowest BCUT2D eigenvalue weighted by Gasteiger charge is -2.23. The second-order valence-corrected chi connectivity index (χ2v) is 5.33. The molecule has 88 valence electrons. The number of hydrogen-bond donors (Lipinski definition) is 1. The Morgan fingerprint density at radius 2 is 1.50 bits per heavy atom. The van der Waals surface area contributed by atoms with Gasteiger partial charge in [0.05, 0.1) is 0 Å². The van der Waals surface area contributed by atoms with Gasteiger partial charge in [-0.3, -0.25) is 0 Å². The van der Waals surface area contributed by atoms with E-state index in [1.807, 2.05) is 12.1 Å². The van der Waals surface area contributed by atoms with Crippen LogP contribution < -0.4 is 5.73 Å². The minimum Gasteiger partial charge on any atom is -0.399 e. The summed E-state index contributed by atoms with van der Waals surface area (Å²) >= 11 is 0. The molecule has 0 bridgehead atoms. The van der Waals surface area contributed by atoms with Crippen molar-refractivity contribution in [3.05, 3.63) is 29.8 Å². The lowest BCUT2D eigenvalue weighted by molar-refractivity contribution is 0.378. The van der Waals surface area contributed by atoms with Crippen LogP contribution >= 0.6 is 0 Å². The summed E-state index contributed by atoms with van der Waals surface area (Å²) in [5, 5.41) is 0. The van der Waals surface area contributed by atoms with E-state index < -0.39 is 0 Å². The first kappa shape index (κ1) is 11.5. The molecule has 0 atom stereocenters. The molecule has 1 saturated carbocycles. The predicted molar refractivity (Wildman–Crippen MR) is 70.5 cm³/mol. The lowest BCUT2D eigenvalue weighted by Crippen LogP contribution is -2.06. The highest BCUT2D eigenvalue weighted by atomic mass is 14.5. The maximum Gasteiger partial charge on any atom is 0.0314 e. The van der Waals surface area contributed by atoms with E-state index in [-0.39, 0.29) is 0 Å². The van der Waals surface area contributed by atoms with Crippen molar-refractivity contribution >= 4 is 5.69 Å². The Morgan fingerprint density at radius 1 is 0.938 bits per heavy atom. The molecule has 1 aliphatic rings. The SMILES string of the molecule is CC1CCCC(c2ccc(N)cc2)CCC1. The van der Waals surface area contributed by atoms with Crippen molar-refractivity contribution in [3.63, 3.8) is 0 Å². The predicted octanol–water partition coefficient (Wildman–Crippen LogP) is 4.34. The summed E-state index contributed by atoms with van der Waals surface area (Å²) in [6.45, 7) is 2.39. The van der Waals surface area contributed by atoms with Crippen LogP contribution in [0.25, 0.3) is 0 Å². The quantitative estimate of drug-likeness (QED) is 0.696. The molecule has 0 saturated heterocycles. The highest BCUT2D eigenvalue weighted by Gasteiger charge is 2.15. The van der Waals surface area contributed by atoms with Gasteiger partial charge in [-0.1, -0.05) is 44.7 Å². The van der Waals surface area contributed by atoms with Crippen LogP contribution in [0.15, 0.2) is 24.3 Å². The van der Waals surface area contributed by atoms with E-state index in [0.29, 0.717) is 0 Å². The Kier molecular flexibility index (Phi) is 3.87. The van der Waals surface area contributed by atoms with E-state index in [1.54, 1.807) is 0 Å². The van der Waals surface area contributed by atoms with Crippen molar-refractivity contribution in [1.82, 2.24) is 0 Å². The molecule has 0 amide bonds. The summed E-state index contributed by atoms with van der Waals surface area (Å²) in [5.74, 6) is 1.71. The van der Waals surface area contributed by atoms with Gasteiger partial charge < -0.3 is 5.73 Å². The van der Waals surface area contributed by atoms with Crippen molar-refractivity contribution in [2.24, 2.45) is 5.92 Å². The molecule has 0 heterocycles. The molecule has 1 nitrogen and oxygen atoms in total. The molecule has 2 rings (SSSR count). The fourth-order valence-electron chi connectivity index (χ4n) is 2.82. The van der Waals surface area contributed by atoms with Crippen LogP contribution in [0, 0.1) is 5.92 Å². The Balaban J connectivity index is 2.00. The van der Waals surface area contributed by atoms with Gasteiger partial charge >= 0.3 is 0 Å². The van der Waals surface area contributed by atoms with Crippen LogP contribution in [-0.2, 0) is 0 Å². The van der Waals surface area contributed by atoms with Crippen LogP contribution in [0.5, 0.6) is 0 Å². The molecular formula is C15H23N. The van der Waals surface area contributed by atoms with E-state index in [1.165, 1.54) is 44.1 Å². The molecule has 0 spiro atoms. The summed E-state index contributed by atoms with van der Waals surface area (Å²) in [6, 6.07) is 8.50. The van der Waals surface area contributed by atoms with E-state index in [4.69, 9.17) is 5.73 Å². The zero-order valence-corrected chi connectivity index (χ0v) is 10.3. The molecule has 0 radical (unpaired) electrons. The van der Waals surface area contributed by atoms with Crippen LogP contribution in [0.2, 0.25) is 0 Å². The Hall–Kier alpha value is -0.980. The third-order valence-electron chi connectivity index (χ3n) is 3.91. The minimum absolute atomic E-state index is 0.771. The van der Waals surface area contributed by atoms with Crippen LogP contribution in [0.3, 0.4) is 0 Å². The van der Waals surface area contributed by atoms with E-state index >= 15 is 0 Å². The second kappa shape index (κ2) is 5.38. The molecule has 1 aliphatic carbocycles. The largest absolute Gasteiger partial charge is 0.399 e. The van der Waals surface area contributed by atoms with Gasteiger partial charge in [-0.15, -0.1) is 0 Å². The third-order valence-corrected chi connectivity index (χ3v) is 3.91. The van der Waals surface area contributed by atoms with Gasteiger partial charge in [-0.05, 0) is 42.4 Å². The van der Waals surface area contributed by atoms with E-state index in [2.05, 4.69) is 19.1 Å². The zero-order valence-electron chi connectivity index (χ0n) is 10.3. The van der Waals surface area contributed by atoms with E-state index in [0.717, 1.165) is 17.5 Å². The molecule has 1 aromatic carbocycles. The molecule has 1 aromatic rings. The molecule has 0 aliphatic heterocycles. The van der Waals surface area contributed by atoms with Gasteiger partial charge in [0.15, 0.2) is 0 Å². The monoisotopic (exact) mass is 217 g/mol. The minimum atomic E-state index is 0.771. The van der Waals surface area contributed by atoms with Crippen LogP contribution in [0.1, 0.15) is 56.9 Å². The first-order valence-electron chi connectivity index (χ1n) is 6.61. The lowest BCUT2D eigenvalue weighted by atomic mass is 9.83. The van der Waals surface area contributed by atoms with Gasteiger partial charge in [0.2, 0.25) is 0 Å². The van der Waals surface area contributed by atoms with Gasteiger partial charge in [0.1, 0.15) is 0 Å². The fourth-order valence-corrected chi connectivity index (χ4v) is 2.82. The number of nitrogen functional groups attached to an aromatic ring is 1. The van der Waals surface area contributed by atoms with Crippen molar-refractivity contribution in [3.8, 4) is 0 Å². The summed E-state index contributed by atoms with van der Waals surface area (Å²) in [5.41, 5.74) is 8.10. The molecule has 1 fully saturated rings. The van der Waals surface area contributed by atoms with Crippen molar-refractivity contribution in [1.29, 1.82) is 0 Å². The smallest absolute Gasteiger partial charge is 0.0314 e. The van der Waals surface area contributed by atoms with Crippen LogP contribution in [0.4, 0.5) is 5.69 Å². The van der Waals surface area contributed by atoms with Crippen molar-refractivity contribution in [2.45, 2.75) is 51.4 Å². The van der Waals surface area contributed by atoms with Gasteiger partial charge in [0.25, 0.3) is 0 Å². The maximum atomic E-state index is 5.73. The average Bonchev–Trinajstić information content (AvgIpc) is 2.25. The fraction of sp³-hybridized carbons (Fsp3) is 0.600. The molecular weight excluding hydrogens is 194 g/mol. The van der Waals surface area contributed by atoms with Gasteiger partial charge in [-0.2, -0.15) is 0 Å². The van der Waals surface area contributed by atoms with Gasteiger partial charge in [-0.25, -0.2) is 0 Å². The molecule has 0 aromatic heterocycles. The molecule has 2 N–H and O–H groups in total. The number of rotatable bonds is 1. The summed E-state index contributed by atoms with van der Waals surface area (Å²) < 4.78 is 0. The first-order valence-corrected chi connectivity index (χ1v) is 6.61. The highest BCUT2D eigenvalue weighted by molar-refractivity contribution is 5.40. The number of benzene rings is 1. The molecule has 16 heavy (non-hydrogen) atoms. The standard InChI is InChI=1S/C15H23N/c1-12-4-2-6-13(7-3-5-12)14-8-10-15(16)11-9-14/h8-13H,2-7,16H2,1H3. The number of nitrogens with two attached hydrogens (primary N) is 1. The zero-order chi connectivity index (χ0) is 11.4. The average molecular weight is 217 g/mol. The first-order chi connectivity index (χ1) is 7.75. The second-order valence-electron chi connectivity index (χ2n) is 5.33. The Bertz CT molecular complexity index is 305.